The lowest BCUT2D eigenvalue weighted by atomic mass is 10.0. The van der Waals surface area contributed by atoms with E-state index in [2.05, 4.69) is 4.98 Å². The highest BCUT2D eigenvalue weighted by Gasteiger charge is 2.06. The third kappa shape index (κ3) is 1.34. The van der Waals surface area contributed by atoms with Gasteiger partial charge in [0.05, 0.1) is 0 Å². The smallest absolute Gasteiger partial charge is 0.131 e. The van der Waals surface area contributed by atoms with Crippen molar-refractivity contribution in [3.05, 3.63) is 53.6 Å². The van der Waals surface area contributed by atoms with Gasteiger partial charge in [-0.1, -0.05) is 11.6 Å². The minimum atomic E-state index is -0.252. The Balaban J connectivity index is 2.56. The van der Waals surface area contributed by atoms with Crippen LogP contribution in [-0.2, 0) is 0 Å². The third-order valence-electron chi connectivity index (χ3n) is 2.67. The molecule has 0 aliphatic heterocycles. The summed E-state index contributed by atoms with van der Waals surface area (Å²) in [4.78, 5) is 4.03. The van der Waals surface area contributed by atoms with E-state index in [4.69, 9.17) is 11.6 Å². The highest BCUT2D eigenvalue weighted by Crippen LogP contribution is 2.29. The van der Waals surface area contributed by atoms with Gasteiger partial charge in [-0.3, -0.25) is 4.98 Å². The number of hydrogen-bond donors (Lipinski definition) is 0. The van der Waals surface area contributed by atoms with E-state index in [1.54, 1.807) is 24.5 Å². The van der Waals surface area contributed by atoms with Crippen LogP contribution >= 0.6 is 11.6 Å². The Morgan fingerprint density at radius 3 is 2.69 bits per heavy atom. The summed E-state index contributed by atoms with van der Waals surface area (Å²) in [5.74, 6) is -0.252. The molecule has 0 unspecified atom stereocenters. The van der Waals surface area contributed by atoms with Gasteiger partial charge in [0.25, 0.3) is 0 Å². The molecule has 0 fully saturated rings. The van der Waals surface area contributed by atoms with Crippen molar-refractivity contribution in [3.8, 4) is 0 Å². The maximum absolute atomic E-state index is 13.6. The number of benzene rings is 2. The molecule has 1 nitrogen and oxygen atoms in total. The molecule has 0 aliphatic carbocycles. The molecular weight excluding hydrogens is 225 g/mol. The normalized spacial score (nSPS) is 11.1. The molecule has 0 amide bonds. The fourth-order valence-corrected chi connectivity index (χ4v) is 2.08. The minimum absolute atomic E-state index is 0.252. The van der Waals surface area contributed by atoms with E-state index in [-0.39, 0.29) is 5.82 Å². The van der Waals surface area contributed by atoms with Gasteiger partial charge < -0.3 is 0 Å². The van der Waals surface area contributed by atoms with Crippen LogP contribution in [0.5, 0.6) is 0 Å². The van der Waals surface area contributed by atoms with Gasteiger partial charge in [0.15, 0.2) is 0 Å². The van der Waals surface area contributed by atoms with Gasteiger partial charge in [0.2, 0.25) is 0 Å². The van der Waals surface area contributed by atoms with Gasteiger partial charge in [-0.05, 0) is 35.7 Å². The van der Waals surface area contributed by atoms with Crippen LogP contribution < -0.4 is 0 Å². The molecule has 78 valence electrons. The first-order valence-corrected chi connectivity index (χ1v) is 5.25. The predicted octanol–water partition coefficient (Wildman–Crippen LogP) is 4.18. The second-order valence-corrected chi connectivity index (χ2v) is 4.06. The van der Waals surface area contributed by atoms with E-state index in [0.717, 1.165) is 16.2 Å². The molecule has 0 radical (unpaired) electrons. The lowest BCUT2D eigenvalue weighted by molar-refractivity contribution is 0.640. The Hall–Kier alpha value is -1.67. The van der Waals surface area contributed by atoms with E-state index in [1.165, 1.54) is 6.07 Å². The second kappa shape index (κ2) is 3.42. The van der Waals surface area contributed by atoms with Crippen molar-refractivity contribution in [1.82, 2.24) is 4.98 Å². The van der Waals surface area contributed by atoms with Crippen molar-refractivity contribution in [2.75, 3.05) is 0 Å². The molecule has 2 aromatic carbocycles. The van der Waals surface area contributed by atoms with Crippen LogP contribution in [0.15, 0.2) is 42.7 Å². The van der Waals surface area contributed by atoms with Crippen LogP contribution in [0.1, 0.15) is 0 Å². The highest BCUT2D eigenvalue weighted by atomic mass is 35.5. The fraction of sp³-hybridized carbons (Fsp3) is 0. The van der Waals surface area contributed by atoms with Crippen molar-refractivity contribution < 1.29 is 4.39 Å². The minimum Gasteiger partial charge on any atom is -0.264 e. The summed E-state index contributed by atoms with van der Waals surface area (Å²) in [5.41, 5.74) is 0. The first kappa shape index (κ1) is 9.55. The first-order valence-electron chi connectivity index (χ1n) is 4.87. The zero-order valence-electron chi connectivity index (χ0n) is 8.24. The van der Waals surface area contributed by atoms with Crippen LogP contribution in [-0.4, -0.2) is 4.98 Å². The van der Waals surface area contributed by atoms with Gasteiger partial charge in [0, 0.05) is 33.6 Å². The van der Waals surface area contributed by atoms with Crippen LogP contribution in [0.4, 0.5) is 4.39 Å². The topological polar surface area (TPSA) is 12.9 Å². The average Bonchev–Trinajstić information content (AvgIpc) is 2.32. The SMILES string of the molecule is Fc1ccc(Cl)c2cc3cnccc3cc12. The zero-order chi connectivity index (χ0) is 11.1. The van der Waals surface area contributed by atoms with Gasteiger partial charge >= 0.3 is 0 Å². The van der Waals surface area contributed by atoms with Crippen molar-refractivity contribution in [1.29, 1.82) is 0 Å². The molecule has 0 spiro atoms. The summed E-state index contributed by atoms with van der Waals surface area (Å²) >= 11 is 6.04. The molecule has 0 aliphatic rings. The van der Waals surface area contributed by atoms with Crippen molar-refractivity contribution in [2.24, 2.45) is 0 Å². The van der Waals surface area contributed by atoms with Gasteiger partial charge in [-0.25, -0.2) is 4.39 Å². The molecule has 0 atom stereocenters. The van der Waals surface area contributed by atoms with E-state index >= 15 is 0 Å². The predicted molar refractivity (Wildman–Crippen MR) is 64.2 cm³/mol. The maximum atomic E-state index is 13.6. The van der Waals surface area contributed by atoms with Crippen LogP contribution in [0, 0.1) is 5.82 Å². The summed E-state index contributed by atoms with van der Waals surface area (Å²) in [5, 5.41) is 3.75. The summed E-state index contributed by atoms with van der Waals surface area (Å²) < 4.78 is 13.6. The van der Waals surface area contributed by atoms with Gasteiger partial charge in [-0.2, -0.15) is 0 Å². The lowest BCUT2D eigenvalue weighted by Gasteiger charge is -2.04. The number of aromatic nitrogens is 1. The standard InChI is InChI=1S/C13H7ClFN/c14-12-1-2-13(15)11-5-8-3-4-16-7-9(8)6-10(11)12/h1-7H. The van der Waals surface area contributed by atoms with Crippen LogP contribution in [0.3, 0.4) is 0 Å². The zero-order valence-corrected chi connectivity index (χ0v) is 9.00. The Morgan fingerprint density at radius 1 is 1.00 bits per heavy atom. The largest absolute Gasteiger partial charge is 0.264 e. The Morgan fingerprint density at radius 2 is 1.81 bits per heavy atom. The van der Waals surface area contributed by atoms with Crippen molar-refractivity contribution >= 4 is 33.1 Å². The molecule has 1 heterocycles. The Kier molecular flexibility index (Phi) is 2.04. The molecule has 1 aromatic heterocycles. The number of nitrogens with zero attached hydrogens (tertiary/aromatic N) is 1. The Labute approximate surface area is 96.5 Å². The molecule has 3 aromatic rings. The quantitative estimate of drug-likeness (QED) is 0.529. The van der Waals surface area contributed by atoms with Gasteiger partial charge in [0.1, 0.15) is 5.82 Å². The number of rotatable bonds is 0. The lowest BCUT2D eigenvalue weighted by Crippen LogP contribution is -1.83. The summed E-state index contributed by atoms with van der Waals surface area (Å²) in [6.45, 7) is 0. The summed E-state index contributed by atoms with van der Waals surface area (Å²) in [7, 11) is 0. The van der Waals surface area contributed by atoms with E-state index in [0.29, 0.717) is 10.4 Å². The third-order valence-corrected chi connectivity index (χ3v) is 3.00. The molecule has 0 saturated carbocycles. The number of pyridine rings is 1. The molecule has 3 heteroatoms. The summed E-state index contributed by atoms with van der Waals surface area (Å²) in [6.07, 6.45) is 3.44. The van der Waals surface area contributed by atoms with Crippen LogP contribution in [0.25, 0.3) is 21.5 Å². The first-order chi connectivity index (χ1) is 7.75. The number of fused-ring (bicyclic) bond motifs is 2. The number of halogens is 2. The molecule has 0 N–H and O–H groups in total. The molecule has 3 rings (SSSR count). The monoisotopic (exact) mass is 231 g/mol. The fourth-order valence-electron chi connectivity index (χ4n) is 1.86. The van der Waals surface area contributed by atoms with E-state index in [9.17, 15) is 4.39 Å². The second-order valence-electron chi connectivity index (χ2n) is 3.65. The average molecular weight is 232 g/mol. The van der Waals surface area contributed by atoms with Crippen LogP contribution in [0.2, 0.25) is 5.02 Å². The highest BCUT2D eigenvalue weighted by molar-refractivity contribution is 6.35. The molecular formula is C13H7ClFN. The van der Waals surface area contributed by atoms with Crippen molar-refractivity contribution in [3.63, 3.8) is 0 Å². The molecule has 0 saturated heterocycles. The molecule has 16 heavy (non-hydrogen) atoms. The van der Waals surface area contributed by atoms with Crippen molar-refractivity contribution in [2.45, 2.75) is 0 Å². The molecule has 0 bridgehead atoms. The van der Waals surface area contributed by atoms with E-state index < -0.39 is 0 Å². The summed E-state index contributed by atoms with van der Waals surface area (Å²) in [6, 6.07) is 8.48. The Bertz CT molecular complexity index is 634. The maximum Gasteiger partial charge on any atom is 0.131 e. The number of hydrogen-bond acceptors (Lipinski definition) is 1. The van der Waals surface area contributed by atoms with Gasteiger partial charge in [-0.15, -0.1) is 0 Å². The van der Waals surface area contributed by atoms with E-state index in [1.807, 2.05) is 12.1 Å².